The van der Waals surface area contributed by atoms with Crippen LogP contribution in [0.5, 0.6) is 0 Å². The Labute approximate surface area is 133 Å². The second kappa shape index (κ2) is 6.45. The SMILES string of the molecule is O=C([O-])OC(O)(O)C(=O)c1ccccc1.[K+]. The second-order valence-corrected chi connectivity index (χ2v) is 2.66. The Morgan fingerprint density at radius 3 is 2.12 bits per heavy atom. The molecule has 7 heteroatoms. The van der Waals surface area contributed by atoms with Gasteiger partial charge in [0.1, 0.15) is 0 Å². The summed E-state index contributed by atoms with van der Waals surface area (Å²) in [5.74, 6) is -4.70. The zero-order chi connectivity index (χ0) is 11.5. The monoisotopic (exact) mass is 250 g/mol. The van der Waals surface area contributed by atoms with Crippen molar-refractivity contribution >= 4 is 11.9 Å². The molecular weight excluding hydrogens is 243 g/mol. The number of hydrogen-bond donors (Lipinski definition) is 2. The topological polar surface area (TPSA) is 107 Å². The van der Waals surface area contributed by atoms with Crippen LogP contribution in [0.4, 0.5) is 4.79 Å². The van der Waals surface area contributed by atoms with E-state index in [4.69, 9.17) is 10.2 Å². The van der Waals surface area contributed by atoms with E-state index in [0.29, 0.717) is 0 Å². The van der Waals surface area contributed by atoms with Gasteiger partial charge in [0.05, 0.1) is 0 Å². The summed E-state index contributed by atoms with van der Waals surface area (Å²) in [5, 5.41) is 27.9. The summed E-state index contributed by atoms with van der Waals surface area (Å²) in [5.41, 5.74) is -0.0937. The van der Waals surface area contributed by atoms with Crippen molar-refractivity contribution in [2.45, 2.75) is 5.97 Å². The van der Waals surface area contributed by atoms with E-state index < -0.39 is 17.9 Å². The minimum Gasteiger partial charge on any atom is -0.490 e. The van der Waals surface area contributed by atoms with Crippen molar-refractivity contribution in [1.82, 2.24) is 0 Å². The molecule has 0 spiro atoms. The fraction of sp³-hybridized carbons (Fsp3) is 0.111. The molecule has 0 unspecified atom stereocenters. The molecular formula is C9H7KO6. The van der Waals surface area contributed by atoms with Crippen molar-refractivity contribution in [3.8, 4) is 0 Å². The average Bonchev–Trinajstić information content (AvgIpc) is 2.16. The Morgan fingerprint density at radius 1 is 1.19 bits per heavy atom. The molecule has 0 amide bonds. The predicted octanol–water partition coefficient (Wildman–Crippen LogP) is -4.13. The van der Waals surface area contributed by atoms with Crippen LogP contribution in [0.3, 0.4) is 0 Å². The first-order valence-electron chi connectivity index (χ1n) is 3.88. The Kier molecular flexibility index (Phi) is 6.34. The van der Waals surface area contributed by atoms with Crippen LogP contribution in [0.1, 0.15) is 10.4 Å². The van der Waals surface area contributed by atoms with Gasteiger partial charge in [-0.05, 0) is 0 Å². The molecule has 0 heterocycles. The maximum absolute atomic E-state index is 11.3. The van der Waals surface area contributed by atoms with Crippen molar-refractivity contribution in [3.63, 3.8) is 0 Å². The Hall–Kier alpha value is -0.284. The van der Waals surface area contributed by atoms with Crippen LogP contribution in [0, 0.1) is 0 Å². The molecule has 6 nitrogen and oxygen atoms in total. The summed E-state index contributed by atoms with van der Waals surface area (Å²) >= 11 is 0. The molecule has 1 rings (SSSR count). The van der Waals surface area contributed by atoms with Crippen LogP contribution >= 0.6 is 0 Å². The van der Waals surface area contributed by atoms with E-state index in [9.17, 15) is 14.7 Å². The van der Waals surface area contributed by atoms with Gasteiger partial charge < -0.3 is 24.9 Å². The van der Waals surface area contributed by atoms with E-state index in [1.807, 2.05) is 0 Å². The Morgan fingerprint density at radius 2 is 1.69 bits per heavy atom. The molecule has 0 atom stereocenters. The van der Waals surface area contributed by atoms with Gasteiger partial charge in [0.25, 0.3) is 6.16 Å². The van der Waals surface area contributed by atoms with Gasteiger partial charge >= 0.3 is 57.4 Å². The first kappa shape index (κ1) is 15.7. The molecule has 16 heavy (non-hydrogen) atoms. The molecule has 0 aliphatic rings. The largest absolute Gasteiger partial charge is 1.00 e. The van der Waals surface area contributed by atoms with Crippen molar-refractivity contribution in [1.29, 1.82) is 0 Å². The molecule has 80 valence electrons. The van der Waals surface area contributed by atoms with Gasteiger partial charge in [0.2, 0.25) is 5.78 Å². The zero-order valence-corrected chi connectivity index (χ0v) is 11.5. The maximum atomic E-state index is 11.3. The number of carboxylic acid groups (broad SMARTS) is 1. The maximum Gasteiger partial charge on any atom is 1.00 e. The molecule has 0 bridgehead atoms. The van der Waals surface area contributed by atoms with Crippen LogP contribution in [0.2, 0.25) is 0 Å². The fourth-order valence-corrected chi connectivity index (χ4v) is 0.940. The van der Waals surface area contributed by atoms with Gasteiger partial charge in [0, 0.05) is 5.56 Å². The smallest absolute Gasteiger partial charge is 0.490 e. The van der Waals surface area contributed by atoms with E-state index in [1.165, 1.54) is 24.3 Å². The van der Waals surface area contributed by atoms with Gasteiger partial charge in [0.15, 0.2) is 0 Å². The third-order valence-electron chi connectivity index (χ3n) is 1.56. The van der Waals surface area contributed by atoms with Gasteiger partial charge in [-0.15, -0.1) is 0 Å². The molecule has 1 aromatic carbocycles. The van der Waals surface area contributed by atoms with E-state index in [-0.39, 0.29) is 56.9 Å². The molecule has 0 aliphatic carbocycles. The fourth-order valence-electron chi connectivity index (χ4n) is 0.940. The molecule has 0 aliphatic heterocycles. The zero-order valence-electron chi connectivity index (χ0n) is 8.41. The number of carbonyl (C=O) groups is 2. The van der Waals surface area contributed by atoms with E-state index >= 15 is 0 Å². The van der Waals surface area contributed by atoms with Crippen LogP contribution in [0.25, 0.3) is 0 Å². The van der Waals surface area contributed by atoms with Gasteiger partial charge in [-0.1, -0.05) is 30.3 Å². The van der Waals surface area contributed by atoms with Crippen molar-refractivity contribution in [2.75, 3.05) is 0 Å². The summed E-state index contributed by atoms with van der Waals surface area (Å²) in [7, 11) is 0. The van der Waals surface area contributed by atoms with E-state index in [1.54, 1.807) is 6.07 Å². The van der Waals surface area contributed by atoms with Gasteiger partial charge in [-0.2, -0.15) is 0 Å². The molecule has 0 radical (unpaired) electrons. The normalized spacial score (nSPS) is 10.1. The number of carbonyl (C=O) groups excluding carboxylic acids is 2. The predicted molar refractivity (Wildman–Crippen MR) is 44.4 cm³/mol. The third kappa shape index (κ3) is 4.30. The molecule has 2 N–H and O–H groups in total. The van der Waals surface area contributed by atoms with Crippen molar-refractivity contribution in [2.24, 2.45) is 0 Å². The number of benzene rings is 1. The first-order chi connectivity index (χ1) is 6.93. The van der Waals surface area contributed by atoms with Crippen molar-refractivity contribution < 1.29 is 81.0 Å². The minimum atomic E-state index is -3.42. The number of ketones is 1. The first-order valence-corrected chi connectivity index (χ1v) is 3.88. The van der Waals surface area contributed by atoms with Crippen LogP contribution < -0.4 is 56.5 Å². The van der Waals surface area contributed by atoms with E-state index in [0.717, 1.165) is 0 Å². The number of ether oxygens (including phenoxy) is 1. The Balaban J connectivity index is 0.00000225. The number of hydrogen-bond acceptors (Lipinski definition) is 6. The van der Waals surface area contributed by atoms with Crippen LogP contribution in [-0.4, -0.2) is 28.1 Å². The third-order valence-corrected chi connectivity index (χ3v) is 1.56. The molecule has 0 aromatic heterocycles. The molecule has 1 aromatic rings. The van der Waals surface area contributed by atoms with Crippen molar-refractivity contribution in [3.05, 3.63) is 35.9 Å². The average molecular weight is 250 g/mol. The Bertz CT molecular complexity index is 375. The number of aliphatic hydroxyl groups is 2. The molecule has 0 saturated carbocycles. The van der Waals surface area contributed by atoms with Gasteiger partial charge in [-0.25, -0.2) is 0 Å². The summed E-state index contributed by atoms with van der Waals surface area (Å²) in [6.07, 6.45) is -2.20. The summed E-state index contributed by atoms with van der Waals surface area (Å²) < 4.78 is 3.52. The van der Waals surface area contributed by atoms with Gasteiger partial charge in [-0.3, -0.25) is 4.79 Å². The molecule has 0 fully saturated rings. The van der Waals surface area contributed by atoms with Crippen LogP contribution in [-0.2, 0) is 4.74 Å². The summed E-state index contributed by atoms with van der Waals surface area (Å²) in [4.78, 5) is 21.2. The quantitative estimate of drug-likeness (QED) is 0.244. The number of Topliss-reactive ketones (excluding diaryl/α,β-unsaturated/α-hetero) is 1. The van der Waals surface area contributed by atoms with Crippen LogP contribution in [0.15, 0.2) is 30.3 Å². The second-order valence-electron chi connectivity index (χ2n) is 2.66. The minimum absolute atomic E-state index is 0. The molecule has 0 saturated heterocycles. The standard InChI is InChI=1S/C9H8O6.K/c10-7(6-4-2-1-3-5-6)9(13,14)15-8(11)12;/h1-5,13-14H,(H,11,12);/q;+1/p-1. The summed E-state index contributed by atoms with van der Waals surface area (Å²) in [6.45, 7) is 0. The summed E-state index contributed by atoms with van der Waals surface area (Å²) in [6, 6.07) is 7.11. The van der Waals surface area contributed by atoms with E-state index in [2.05, 4.69) is 4.74 Å². The number of rotatable bonds is 3.